The number of hydrogen-bond acceptors (Lipinski definition) is 1. The number of benzene rings is 1. The van der Waals surface area contributed by atoms with Crippen LogP contribution >= 0.6 is 11.6 Å². The van der Waals surface area contributed by atoms with E-state index in [1.165, 1.54) is 6.08 Å². The molecule has 0 unspecified atom stereocenters. The monoisotopic (exact) mass is 194 g/mol. The zero-order valence-corrected chi connectivity index (χ0v) is 8.43. The molecule has 2 heteroatoms. The highest BCUT2D eigenvalue weighted by Crippen LogP contribution is 2.24. The maximum absolute atomic E-state index is 10.3. The average Bonchev–Trinajstić information content (AvgIpc) is 2.05. The van der Waals surface area contributed by atoms with Crippen molar-refractivity contribution in [3.05, 3.63) is 40.9 Å². The number of halogens is 1. The first-order valence-electron chi connectivity index (χ1n) is 4.04. The largest absolute Gasteiger partial charge is 0.234 e. The van der Waals surface area contributed by atoms with Gasteiger partial charge in [-0.2, -0.15) is 0 Å². The van der Waals surface area contributed by atoms with Crippen molar-refractivity contribution in [2.24, 2.45) is 0 Å². The second-order valence-electron chi connectivity index (χ2n) is 3.49. The summed E-state index contributed by atoms with van der Waals surface area (Å²) in [5, 5.41) is 0.703. The smallest absolute Gasteiger partial charge is 0.120 e. The molecule has 0 aromatic heterocycles. The molecule has 0 bridgehead atoms. The Morgan fingerprint density at radius 1 is 1.31 bits per heavy atom. The molecule has 0 saturated carbocycles. The van der Waals surface area contributed by atoms with Crippen molar-refractivity contribution in [2.75, 3.05) is 0 Å². The van der Waals surface area contributed by atoms with Gasteiger partial charge in [0.1, 0.15) is 5.94 Å². The third kappa shape index (κ3) is 2.45. The summed E-state index contributed by atoms with van der Waals surface area (Å²) in [6.45, 7) is 3.92. The van der Waals surface area contributed by atoms with E-state index in [9.17, 15) is 4.79 Å². The molecule has 0 aliphatic rings. The zero-order valence-electron chi connectivity index (χ0n) is 7.67. The molecule has 1 rings (SSSR count). The lowest BCUT2D eigenvalue weighted by Crippen LogP contribution is -2.13. The van der Waals surface area contributed by atoms with Crippen LogP contribution in [0.2, 0.25) is 5.02 Å². The van der Waals surface area contributed by atoms with Crippen LogP contribution in [-0.4, -0.2) is 5.94 Å². The first-order chi connectivity index (χ1) is 6.06. The second kappa shape index (κ2) is 3.78. The lowest BCUT2D eigenvalue weighted by Gasteiger charge is -2.18. The van der Waals surface area contributed by atoms with Crippen LogP contribution in [-0.2, 0) is 10.2 Å². The van der Waals surface area contributed by atoms with E-state index in [0.29, 0.717) is 5.02 Å². The number of carbonyl (C=O) groups excluding carboxylic acids is 1. The maximum atomic E-state index is 10.3. The van der Waals surface area contributed by atoms with Crippen LogP contribution in [0.3, 0.4) is 0 Å². The van der Waals surface area contributed by atoms with E-state index in [1.807, 2.05) is 44.1 Å². The summed E-state index contributed by atoms with van der Waals surface area (Å²) in [7, 11) is 0. The SMILES string of the molecule is CC(C)(C=C=O)c1ccc(Cl)cc1. The Morgan fingerprint density at radius 2 is 1.85 bits per heavy atom. The van der Waals surface area contributed by atoms with Gasteiger partial charge in [-0.1, -0.05) is 37.6 Å². The highest BCUT2D eigenvalue weighted by atomic mass is 35.5. The van der Waals surface area contributed by atoms with E-state index in [4.69, 9.17) is 11.6 Å². The van der Waals surface area contributed by atoms with Crippen LogP contribution in [0.15, 0.2) is 30.3 Å². The topological polar surface area (TPSA) is 17.1 Å². The van der Waals surface area contributed by atoms with Crippen molar-refractivity contribution < 1.29 is 4.79 Å². The molecule has 0 radical (unpaired) electrons. The molecule has 13 heavy (non-hydrogen) atoms. The molecular weight excluding hydrogens is 184 g/mol. The minimum Gasteiger partial charge on any atom is -0.234 e. The third-order valence-electron chi connectivity index (χ3n) is 2.01. The summed E-state index contributed by atoms with van der Waals surface area (Å²) in [5.41, 5.74) is 0.784. The summed E-state index contributed by atoms with van der Waals surface area (Å²) >= 11 is 5.75. The van der Waals surface area contributed by atoms with Gasteiger partial charge in [-0.25, -0.2) is 4.79 Å². The summed E-state index contributed by atoms with van der Waals surface area (Å²) in [5.74, 6) is 1.81. The highest BCUT2D eigenvalue weighted by molar-refractivity contribution is 6.30. The van der Waals surface area contributed by atoms with Crippen molar-refractivity contribution in [3.63, 3.8) is 0 Å². The maximum Gasteiger partial charge on any atom is 0.120 e. The van der Waals surface area contributed by atoms with Gasteiger partial charge in [-0.3, -0.25) is 0 Å². The van der Waals surface area contributed by atoms with E-state index in [-0.39, 0.29) is 5.41 Å². The molecule has 0 heterocycles. The van der Waals surface area contributed by atoms with Crippen LogP contribution in [0.5, 0.6) is 0 Å². The summed E-state index contributed by atoms with van der Waals surface area (Å²) in [6.07, 6.45) is 1.51. The van der Waals surface area contributed by atoms with Gasteiger partial charge < -0.3 is 0 Å². The summed E-state index contributed by atoms with van der Waals surface area (Å²) < 4.78 is 0. The number of allylic oxidation sites excluding steroid dienone is 1. The Bertz CT molecular complexity index is 332. The van der Waals surface area contributed by atoms with Crippen molar-refractivity contribution in [2.45, 2.75) is 19.3 Å². The normalized spacial score (nSPS) is 10.7. The fraction of sp³-hybridized carbons (Fsp3) is 0.273. The molecule has 0 N–H and O–H groups in total. The van der Waals surface area contributed by atoms with Crippen molar-refractivity contribution in [1.29, 1.82) is 0 Å². The van der Waals surface area contributed by atoms with Gasteiger partial charge in [0.05, 0.1) is 0 Å². The highest BCUT2D eigenvalue weighted by Gasteiger charge is 2.16. The van der Waals surface area contributed by atoms with Gasteiger partial charge in [0.2, 0.25) is 0 Å². The predicted molar refractivity (Wildman–Crippen MR) is 54.7 cm³/mol. The quantitative estimate of drug-likeness (QED) is 0.662. The van der Waals surface area contributed by atoms with Crippen LogP contribution in [0.25, 0.3) is 0 Å². The molecule has 0 saturated heterocycles. The first-order valence-corrected chi connectivity index (χ1v) is 4.42. The molecule has 0 fully saturated rings. The molecule has 0 aliphatic heterocycles. The van der Waals surface area contributed by atoms with Gasteiger partial charge in [0, 0.05) is 16.5 Å². The zero-order chi connectivity index (χ0) is 9.90. The van der Waals surface area contributed by atoms with Crippen molar-refractivity contribution >= 4 is 17.5 Å². The fourth-order valence-electron chi connectivity index (χ4n) is 1.11. The molecule has 1 nitrogen and oxygen atoms in total. The lowest BCUT2D eigenvalue weighted by molar-refractivity contribution is 0.563. The lowest BCUT2D eigenvalue weighted by atomic mass is 9.85. The van der Waals surface area contributed by atoms with Crippen LogP contribution in [0.1, 0.15) is 19.4 Å². The van der Waals surface area contributed by atoms with E-state index >= 15 is 0 Å². The Labute approximate surface area is 83.0 Å². The first kappa shape index (κ1) is 10.0. The molecule has 0 atom stereocenters. The Hall–Kier alpha value is -1.04. The molecular formula is C11H11ClO. The minimum atomic E-state index is -0.271. The van der Waals surface area contributed by atoms with E-state index in [2.05, 4.69) is 0 Å². The second-order valence-corrected chi connectivity index (χ2v) is 3.93. The fourth-order valence-corrected chi connectivity index (χ4v) is 1.24. The van der Waals surface area contributed by atoms with Crippen molar-refractivity contribution in [3.8, 4) is 0 Å². The van der Waals surface area contributed by atoms with Gasteiger partial charge in [-0.15, -0.1) is 0 Å². The average molecular weight is 195 g/mol. The molecule has 68 valence electrons. The predicted octanol–water partition coefficient (Wildman–Crippen LogP) is 3.01. The van der Waals surface area contributed by atoms with Crippen LogP contribution < -0.4 is 0 Å². The molecule has 1 aromatic rings. The third-order valence-corrected chi connectivity index (χ3v) is 2.26. The van der Waals surface area contributed by atoms with Gasteiger partial charge in [0.25, 0.3) is 0 Å². The van der Waals surface area contributed by atoms with Gasteiger partial charge in [-0.05, 0) is 17.7 Å². The van der Waals surface area contributed by atoms with Gasteiger partial charge >= 0.3 is 0 Å². The van der Waals surface area contributed by atoms with Crippen molar-refractivity contribution in [1.82, 2.24) is 0 Å². The molecule has 0 aliphatic carbocycles. The standard InChI is InChI=1S/C11H11ClO/c1-11(2,7-8-13)9-3-5-10(12)6-4-9/h3-7H,1-2H3. The molecule has 0 spiro atoms. The minimum absolute atomic E-state index is 0.271. The van der Waals surface area contributed by atoms with E-state index in [0.717, 1.165) is 5.56 Å². The van der Waals surface area contributed by atoms with E-state index < -0.39 is 0 Å². The molecule has 1 aromatic carbocycles. The van der Waals surface area contributed by atoms with Gasteiger partial charge in [0.15, 0.2) is 0 Å². The van der Waals surface area contributed by atoms with E-state index in [1.54, 1.807) is 0 Å². The Morgan fingerprint density at radius 3 is 2.31 bits per heavy atom. The Balaban J connectivity index is 3.07. The van der Waals surface area contributed by atoms with Crippen LogP contribution in [0, 0.1) is 0 Å². The van der Waals surface area contributed by atoms with Crippen LogP contribution in [0.4, 0.5) is 0 Å². The molecule has 0 amide bonds. The number of rotatable bonds is 2. The number of hydrogen-bond donors (Lipinski definition) is 0. The summed E-state index contributed by atoms with van der Waals surface area (Å²) in [4.78, 5) is 10.3. The Kier molecular flexibility index (Phi) is 2.92. The summed E-state index contributed by atoms with van der Waals surface area (Å²) in [6, 6.07) is 7.46.